The molecule has 3 heterocycles. The Morgan fingerprint density at radius 3 is 2.30 bits per heavy atom. The molecule has 0 unspecified atom stereocenters. The van der Waals surface area contributed by atoms with Crippen molar-refractivity contribution in [1.82, 2.24) is 19.3 Å². The number of ether oxygens (including phenoxy) is 2. The molecule has 0 radical (unpaired) electrons. The summed E-state index contributed by atoms with van der Waals surface area (Å²) < 4.78 is 29.9. The van der Waals surface area contributed by atoms with E-state index in [-0.39, 0.29) is 5.82 Å². The summed E-state index contributed by atoms with van der Waals surface area (Å²) in [5.74, 6) is 2.54. The summed E-state index contributed by atoms with van der Waals surface area (Å²) in [7, 11) is 1.63. The molecule has 3 aromatic heterocycles. The molecule has 0 aliphatic carbocycles. The molecule has 43 heavy (non-hydrogen) atoms. The van der Waals surface area contributed by atoms with E-state index >= 15 is 0 Å². The van der Waals surface area contributed by atoms with Crippen LogP contribution in [-0.2, 0) is 0 Å². The van der Waals surface area contributed by atoms with E-state index in [2.05, 4.69) is 51.9 Å². The SMILES string of the molecule is COc1cc(Oc2ccc3c4ccccc4n(-c4cc(C)ccn4)c3c2)cc(-n2cc(-c3c(C)cc(F)cc3C)cn2)c1. The van der Waals surface area contributed by atoms with Crippen molar-refractivity contribution in [2.45, 2.75) is 20.8 Å². The predicted octanol–water partition coefficient (Wildman–Crippen LogP) is 8.90. The Balaban J connectivity index is 1.29. The van der Waals surface area contributed by atoms with Crippen molar-refractivity contribution in [3.05, 3.63) is 126 Å². The van der Waals surface area contributed by atoms with Gasteiger partial charge in [0.25, 0.3) is 0 Å². The first-order valence-corrected chi connectivity index (χ1v) is 14.0. The van der Waals surface area contributed by atoms with Crippen LogP contribution in [-0.4, -0.2) is 26.4 Å². The third kappa shape index (κ3) is 4.78. The Kier molecular flexibility index (Phi) is 6.43. The highest BCUT2D eigenvalue weighted by molar-refractivity contribution is 6.09. The number of fused-ring (bicyclic) bond motifs is 3. The number of halogens is 1. The van der Waals surface area contributed by atoms with Crippen molar-refractivity contribution >= 4 is 21.8 Å². The Morgan fingerprint density at radius 1 is 0.744 bits per heavy atom. The maximum Gasteiger partial charge on any atom is 0.137 e. The van der Waals surface area contributed by atoms with Gasteiger partial charge in [0.2, 0.25) is 0 Å². The number of aromatic nitrogens is 4. The second kappa shape index (κ2) is 10.4. The Hall–Kier alpha value is -5.43. The first-order valence-electron chi connectivity index (χ1n) is 14.0. The summed E-state index contributed by atoms with van der Waals surface area (Å²) in [5, 5.41) is 6.88. The van der Waals surface area contributed by atoms with Gasteiger partial charge >= 0.3 is 0 Å². The molecule has 0 bridgehead atoms. The van der Waals surface area contributed by atoms with E-state index in [0.29, 0.717) is 17.2 Å². The van der Waals surface area contributed by atoms with Crippen LogP contribution < -0.4 is 9.47 Å². The highest BCUT2D eigenvalue weighted by atomic mass is 19.1. The minimum Gasteiger partial charge on any atom is -0.497 e. The van der Waals surface area contributed by atoms with E-state index in [4.69, 9.17) is 9.47 Å². The molecule has 0 fully saturated rings. The summed E-state index contributed by atoms with van der Waals surface area (Å²) in [6, 6.07) is 27.3. The van der Waals surface area contributed by atoms with Crippen molar-refractivity contribution in [3.63, 3.8) is 0 Å². The number of benzene rings is 4. The standard InChI is InChI=1S/C36H29FN4O2/c1-22-11-12-38-35(13-22)41-33-8-6-5-7-31(33)32-10-9-28(19-34(32)41)43-30-17-27(16-29(18-30)42-4)40-21-25(20-39-40)36-23(2)14-26(37)15-24(36)3/h5-21H,1-4H3. The first kappa shape index (κ1) is 26.5. The lowest BCUT2D eigenvalue weighted by Crippen LogP contribution is -1.98. The Bertz CT molecular complexity index is 2140. The zero-order chi connectivity index (χ0) is 29.7. The maximum absolute atomic E-state index is 13.9. The number of hydrogen-bond acceptors (Lipinski definition) is 4. The van der Waals surface area contributed by atoms with E-state index < -0.39 is 0 Å². The van der Waals surface area contributed by atoms with E-state index in [1.807, 2.05) is 68.7 Å². The summed E-state index contributed by atoms with van der Waals surface area (Å²) in [6.07, 6.45) is 5.56. The third-order valence-corrected chi connectivity index (χ3v) is 7.74. The largest absolute Gasteiger partial charge is 0.497 e. The van der Waals surface area contributed by atoms with Gasteiger partial charge in [-0.05, 0) is 85.5 Å². The molecule has 4 aromatic carbocycles. The summed E-state index contributed by atoms with van der Waals surface area (Å²) in [6.45, 7) is 5.88. The van der Waals surface area contributed by atoms with Crippen LogP contribution >= 0.6 is 0 Å². The van der Waals surface area contributed by atoms with E-state index in [1.165, 1.54) is 0 Å². The number of pyridine rings is 1. The number of methoxy groups -OCH3 is 1. The maximum atomic E-state index is 13.9. The molecule has 0 atom stereocenters. The van der Waals surface area contributed by atoms with Gasteiger partial charge in [-0.2, -0.15) is 5.10 Å². The number of rotatable bonds is 6. The zero-order valence-corrected chi connectivity index (χ0v) is 24.3. The molecule has 0 aliphatic heterocycles. The van der Waals surface area contributed by atoms with Gasteiger partial charge < -0.3 is 9.47 Å². The fourth-order valence-electron chi connectivity index (χ4n) is 5.86. The monoisotopic (exact) mass is 568 g/mol. The lowest BCUT2D eigenvalue weighted by molar-refractivity contribution is 0.408. The quantitative estimate of drug-likeness (QED) is 0.201. The van der Waals surface area contributed by atoms with E-state index in [1.54, 1.807) is 30.1 Å². The molecule has 0 saturated heterocycles. The highest BCUT2D eigenvalue weighted by Crippen LogP contribution is 2.36. The van der Waals surface area contributed by atoms with Crippen molar-refractivity contribution < 1.29 is 13.9 Å². The average Bonchev–Trinajstić information content (AvgIpc) is 3.59. The van der Waals surface area contributed by atoms with Crippen LogP contribution in [0.1, 0.15) is 16.7 Å². The van der Waals surface area contributed by atoms with Gasteiger partial charge in [-0.1, -0.05) is 18.2 Å². The number of hydrogen-bond donors (Lipinski definition) is 0. The van der Waals surface area contributed by atoms with Gasteiger partial charge in [0, 0.05) is 53.0 Å². The average molecular weight is 569 g/mol. The molecular weight excluding hydrogens is 539 g/mol. The van der Waals surface area contributed by atoms with Gasteiger partial charge in [0.05, 0.1) is 30.0 Å². The second-order valence-electron chi connectivity index (χ2n) is 10.8. The topological polar surface area (TPSA) is 54.1 Å². The van der Waals surface area contributed by atoms with Gasteiger partial charge in [-0.3, -0.25) is 4.57 Å². The number of nitrogens with zero attached hydrogens (tertiary/aromatic N) is 4. The van der Waals surface area contributed by atoms with Crippen LogP contribution in [0.2, 0.25) is 0 Å². The minimum absolute atomic E-state index is 0.241. The molecule has 7 aromatic rings. The second-order valence-corrected chi connectivity index (χ2v) is 10.8. The van der Waals surface area contributed by atoms with Crippen molar-refractivity contribution in [3.8, 4) is 39.9 Å². The molecule has 0 amide bonds. The van der Waals surface area contributed by atoms with E-state index in [0.717, 1.165) is 61.1 Å². The smallest absolute Gasteiger partial charge is 0.137 e. The summed E-state index contributed by atoms with van der Waals surface area (Å²) in [5.41, 5.74) is 7.60. The van der Waals surface area contributed by atoms with Gasteiger partial charge in [-0.25, -0.2) is 14.1 Å². The van der Waals surface area contributed by atoms with Crippen LogP contribution in [0.3, 0.4) is 0 Å². The fourth-order valence-corrected chi connectivity index (χ4v) is 5.86. The molecule has 0 spiro atoms. The lowest BCUT2D eigenvalue weighted by Gasteiger charge is -2.12. The number of para-hydroxylation sites is 1. The third-order valence-electron chi connectivity index (χ3n) is 7.74. The van der Waals surface area contributed by atoms with Crippen molar-refractivity contribution in [1.29, 1.82) is 0 Å². The summed E-state index contributed by atoms with van der Waals surface area (Å²) in [4.78, 5) is 4.68. The molecule has 0 N–H and O–H groups in total. The van der Waals surface area contributed by atoms with Crippen LogP contribution in [0.5, 0.6) is 17.2 Å². The summed E-state index contributed by atoms with van der Waals surface area (Å²) >= 11 is 0. The van der Waals surface area contributed by atoms with Gasteiger partial charge in [-0.15, -0.1) is 0 Å². The molecule has 7 rings (SSSR count). The molecule has 0 saturated carbocycles. The van der Waals surface area contributed by atoms with E-state index in [9.17, 15) is 4.39 Å². The molecule has 7 heteroatoms. The van der Waals surface area contributed by atoms with Gasteiger partial charge in [0.1, 0.15) is 28.9 Å². The van der Waals surface area contributed by atoms with Crippen LogP contribution in [0, 0.1) is 26.6 Å². The number of aryl methyl sites for hydroxylation is 3. The van der Waals surface area contributed by atoms with Crippen LogP contribution in [0.25, 0.3) is 44.4 Å². The zero-order valence-electron chi connectivity index (χ0n) is 24.3. The highest BCUT2D eigenvalue weighted by Gasteiger charge is 2.16. The molecule has 212 valence electrons. The molecular formula is C36H29FN4O2. The molecule has 0 aliphatic rings. The Labute approximate surface area is 248 Å². The van der Waals surface area contributed by atoms with Crippen molar-refractivity contribution in [2.24, 2.45) is 0 Å². The van der Waals surface area contributed by atoms with Gasteiger partial charge in [0.15, 0.2) is 0 Å². The Morgan fingerprint density at radius 2 is 1.51 bits per heavy atom. The lowest BCUT2D eigenvalue weighted by atomic mass is 9.98. The first-order chi connectivity index (χ1) is 20.9. The fraction of sp³-hybridized carbons (Fsp3) is 0.111. The normalized spacial score (nSPS) is 11.4. The van der Waals surface area contributed by atoms with Crippen LogP contribution in [0.15, 0.2) is 104 Å². The predicted molar refractivity (Wildman–Crippen MR) is 168 cm³/mol. The molecule has 6 nitrogen and oxygen atoms in total. The van der Waals surface area contributed by atoms with Crippen molar-refractivity contribution in [2.75, 3.05) is 7.11 Å². The van der Waals surface area contributed by atoms with Crippen LogP contribution in [0.4, 0.5) is 4.39 Å². The minimum atomic E-state index is -0.241.